The van der Waals surface area contributed by atoms with Crippen molar-refractivity contribution in [3.8, 4) is 11.5 Å². The molecule has 0 saturated carbocycles. The molecule has 0 heterocycles. The van der Waals surface area contributed by atoms with Gasteiger partial charge in [0.25, 0.3) is 0 Å². The average molecular weight is 445 g/mol. The first-order valence-electron chi connectivity index (χ1n) is 12.4. The second-order valence-electron chi connectivity index (χ2n) is 10.2. The van der Waals surface area contributed by atoms with Crippen molar-refractivity contribution in [3.63, 3.8) is 0 Å². The number of phenolic OH excluding ortho intramolecular Hbond substituents is 2. The van der Waals surface area contributed by atoms with Gasteiger partial charge in [-0.15, -0.1) is 0 Å². The first kappa shape index (κ1) is 24.9. The highest BCUT2D eigenvalue weighted by Gasteiger charge is 2.14. The van der Waals surface area contributed by atoms with Gasteiger partial charge in [0.1, 0.15) is 11.5 Å². The van der Waals surface area contributed by atoms with Gasteiger partial charge in [-0.05, 0) is 88.5 Å². The normalized spacial score (nSPS) is 12.1. The highest BCUT2D eigenvalue weighted by molar-refractivity contribution is 6.10. The van der Waals surface area contributed by atoms with E-state index >= 15 is 0 Å². The van der Waals surface area contributed by atoms with E-state index < -0.39 is 0 Å². The molecule has 0 aliphatic carbocycles. The van der Waals surface area contributed by atoms with Gasteiger partial charge in [-0.2, -0.15) is 0 Å². The SMILES string of the molecule is CC(C)=CCCc1ccc2c(O)c3ccc(CCC=C(C)CCCC(C)C)cc3c(O)c2c1. The van der Waals surface area contributed by atoms with Gasteiger partial charge in [-0.25, -0.2) is 0 Å². The molecule has 2 nitrogen and oxygen atoms in total. The van der Waals surface area contributed by atoms with E-state index in [1.165, 1.54) is 41.5 Å². The molecule has 0 atom stereocenters. The molecule has 0 fully saturated rings. The predicted octanol–water partition coefficient (Wildman–Crippen LogP) is 9.01. The summed E-state index contributed by atoms with van der Waals surface area (Å²) in [5.74, 6) is 1.29. The van der Waals surface area contributed by atoms with Gasteiger partial charge in [-0.3, -0.25) is 0 Å². The summed E-state index contributed by atoms with van der Waals surface area (Å²) in [5, 5.41) is 24.9. The number of benzene rings is 3. The Bertz CT molecular complexity index is 1160. The number of fused-ring (bicyclic) bond motifs is 2. The van der Waals surface area contributed by atoms with Crippen molar-refractivity contribution in [2.24, 2.45) is 5.92 Å². The summed E-state index contributed by atoms with van der Waals surface area (Å²) < 4.78 is 0. The first-order chi connectivity index (χ1) is 15.8. The lowest BCUT2D eigenvalue weighted by Crippen LogP contribution is -1.90. The molecule has 0 bridgehead atoms. The summed E-state index contributed by atoms with van der Waals surface area (Å²) in [6.07, 6.45) is 12.1. The third kappa shape index (κ3) is 6.63. The average Bonchev–Trinajstić information content (AvgIpc) is 2.77. The number of hydrogen-bond acceptors (Lipinski definition) is 2. The lowest BCUT2D eigenvalue weighted by molar-refractivity contribution is 0.478. The first-order valence-corrected chi connectivity index (χ1v) is 12.4. The Hall–Kier alpha value is -2.74. The fraction of sp³-hybridized carbons (Fsp3) is 0.419. The van der Waals surface area contributed by atoms with E-state index in [4.69, 9.17) is 0 Å². The van der Waals surface area contributed by atoms with Crippen molar-refractivity contribution in [2.45, 2.75) is 79.6 Å². The number of rotatable bonds is 10. The Morgan fingerprint density at radius 2 is 1.27 bits per heavy atom. The van der Waals surface area contributed by atoms with E-state index in [9.17, 15) is 10.2 Å². The molecule has 0 aromatic heterocycles. The van der Waals surface area contributed by atoms with Crippen molar-refractivity contribution in [1.82, 2.24) is 0 Å². The summed E-state index contributed by atoms with van der Waals surface area (Å²) in [5.41, 5.74) is 5.13. The van der Waals surface area contributed by atoms with E-state index in [-0.39, 0.29) is 11.5 Å². The lowest BCUT2D eigenvalue weighted by atomic mass is 9.95. The Labute approximate surface area is 199 Å². The number of allylic oxidation sites excluding steroid dienone is 4. The lowest BCUT2D eigenvalue weighted by Gasteiger charge is -2.12. The van der Waals surface area contributed by atoms with Gasteiger partial charge in [0.2, 0.25) is 0 Å². The topological polar surface area (TPSA) is 40.5 Å². The maximum absolute atomic E-state index is 11.1. The van der Waals surface area contributed by atoms with Gasteiger partial charge >= 0.3 is 0 Å². The van der Waals surface area contributed by atoms with Crippen LogP contribution in [0, 0.1) is 5.92 Å². The molecule has 0 radical (unpaired) electrons. The van der Waals surface area contributed by atoms with Crippen LogP contribution in [0.15, 0.2) is 59.7 Å². The van der Waals surface area contributed by atoms with Crippen LogP contribution < -0.4 is 0 Å². The molecule has 0 unspecified atom stereocenters. The van der Waals surface area contributed by atoms with Crippen LogP contribution in [-0.4, -0.2) is 10.2 Å². The molecule has 0 aliphatic heterocycles. The van der Waals surface area contributed by atoms with Crippen molar-refractivity contribution < 1.29 is 10.2 Å². The Morgan fingerprint density at radius 1 is 0.758 bits per heavy atom. The Balaban J connectivity index is 1.81. The van der Waals surface area contributed by atoms with E-state index in [0.29, 0.717) is 10.8 Å². The molecule has 2 N–H and O–H groups in total. The summed E-state index contributed by atoms with van der Waals surface area (Å²) in [6, 6.07) is 12.1. The zero-order valence-electron chi connectivity index (χ0n) is 21.0. The van der Waals surface area contributed by atoms with Gasteiger partial charge < -0.3 is 10.2 Å². The molecule has 3 aromatic rings. The maximum atomic E-state index is 11.1. The molecule has 0 saturated heterocycles. The Kier molecular flexibility index (Phi) is 8.61. The molecular weight excluding hydrogens is 404 g/mol. The van der Waals surface area contributed by atoms with Crippen molar-refractivity contribution >= 4 is 21.5 Å². The highest BCUT2D eigenvalue weighted by atomic mass is 16.3. The molecule has 33 heavy (non-hydrogen) atoms. The summed E-state index contributed by atoms with van der Waals surface area (Å²) >= 11 is 0. The highest BCUT2D eigenvalue weighted by Crippen LogP contribution is 2.42. The fourth-order valence-electron chi connectivity index (χ4n) is 4.49. The second kappa shape index (κ2) is 11.4. The number of aromatic hydroxyl groups is 2. The monoisotopic (exact) mass is 444 g/mol. The van der Waals surface area contributed by atoms with Gasteiger partial charge in [0.05, 0.1) is 0 Å². The molecule has 2 heteroatoms. The van der Waals surface area contributed by atoms with Crippen LogP contribution in [0.25, 0.3) is 21.5 Å². The second-order valence-corrected chi connectivity index (χ2v) is 10.2. The summed E-state index contributed by atoms with van der Waals surface area (Å²) in [4.78, 5) is 0. The molecular formula is C31H40O2. The molecule has 0 spiro atoms. The number of aryl methyl sites for hydroxylation is 2. The van der Waals surface area contributed by atoms with Crippen LogP contribution in [-0.2, 0) is 12.8 Å². The molecule has 3 rings (SSSR count). The van der Waals surface area contributed by atoms with E-state index in [1.54, 1.807) is 0 Å². The van der Waals surface area contributed by atoms with Crippen LogP contribution >= 0.6 is 0 Å². The zero-order chi connectivity index (χ0) is 24.0. The largest absolute Gasteiger partial charge is 0.507 e. The van der Waals surface area contributed by atoms with Gasteiger partial charge in [0, 0.05) is 21.5 Å². The van der Waals surface area contributed by atoms with Crippen molar-refractivity contribution in [1.29, 1.82) is 0 Å². The van der Waals surface area contributed by atoms with E-state index in [0.717, 1.165) is 42.4 Å². The molecule has 0 aliphatic rings. The number of phenols is 2. The quantitative estimate of drug-likeness (QED) is 0.186. The third-order valence-corrected chi connectivity index (χ3v) is 6.45. The van der Waals surface area contributed by atoms with Crippen LogP contribution in [0.5, 0.6) is 11.5 Å². The minimum absolute atomic E-state index is 0.251. The number of hydrogen-bond donors (Lipinski definition) is 2. The smallest absolute Gasteiger partial charge is 0.131 e. The molecule has 3 aromatic carbocycles. The minimum atomic E-state index is 0.251. The zero-order valence-corrected chi connectivity index (χ0v) is 21.0. The van der Waals surface area contributed by atoms with Crippen molar-refractivity contribution in [2.75, 3.05) is 0 Å². The minimum Gasteiger partial charge on any atom is -0.507 e. The van der Waals surface area contributed by atoms with E-state index in [1.807, 2.05) is 24.3 Å². The van der Waals surface area contributed by atoms with Gasteiger partial charge in [-0.1, -0.05) is 67.8 Å². The van der Waals surface area contributed by atoms with Gasteiger partial charge in [0.15, 0.2) is 0 Å². The summed E-state index contributed by atoms with van der Waals surface area (Å²) in [7, 11) is 0. The van der Waals surface area contributed by atoms with Crippen LogP contribution in [0.3, 0.4) is 0 Å². The standard InChI is InChI=1S/C31H40O2/c1-21(2)9-6-11-23(5)12-8-14-25-16-18-27-29(20-25)31(33)28-19-24(13-7-10-22(3)4)15-17-26(28)30(27)32/h10,12,15-21,32-33H,6-9,11,13-14H2,1-5H3. The fourth-order valence-corrected chi connectivity index (χ4v) is 4.49. The third-order valence-electron chi connectivity index (χ3n) is 6.45. The molecule has 176 valence electrons. The van der Waals surface area contributed by atoms with Crippen LogP contribution in [0.2, 0.25) is 0 Å². The predicted molar refractivity (Wildman–Crippen MR) is 143 cm³/mol. The van der Waals surface area contributed by atoms with Crippen LogP contribution in [0.4, 0.5) is 0 Å². The van der Waals surface area contributed by atoms with Crippen molar-refractivity contribution in [3.05, 3.63) is 70.8 Å². The van der Waals surface area contributed by atoms with Crippen LogP contribution in [0.1, 0.15) is 77.8 Å². The van der Waals surface area contributed by atoms with E-state index in [2.05, 4.69) is 58.9 Å². The molecule has 0 amide bonds. The Morgan fingerprint density at radius 3 is 1.79 bits per heavy atom. The summed E-state index contributed by atoms with van der Waals surface area (Å²) in [6.45, 7) is 11.0. The maximum Gasteiger partial charge on any atom is 0.131 e.